The Balaban J connectivity index is 1.59. The second-order valence-electron chi connectivity index (χ2n) is 5.80. The van der Waals surface area contributed by atoms with Gasteiger partial charge in [-0.25, -0.2) is 8.42 Å². The van der Waals surface area contributed by atoms with E-state index in [0.717, 1.165) is 30.0 Å². The Bertz CT molecular complexity index is 614. The number of rotatable bonds is 4. The monoisotopic (exact) mass is 311 g/mol. The highest BCUT2D eigenvalue weighted by Gasteiger charge is 2.27. The van der Waals surface area contributed by atoms with E-state index < -0.39 is 9.84 Å². The van der Waals surface area contributed by atoms with Crippen LogP contribution in [0.4, 0.5) is 0 Å². The molecule has 0 bridgehead atoms. The molecule has 1 saturated heterocycles. The summed E-state index contributed by atoms with van der Waals surface area (Å²) in [5, 5.41) is 3.42. The number of fused-ring (bicyclic) bond motifs is 1. The number of ether oxygens (including phenoxy) is 2. The molecule has 116 valence electrons. The maximum absolute atomic E-state index is 11.5. The lowest BCUT2D eigenvalue weighted by atomic mass is 10.1. The van der Waals surface area contributed by atoms with Gasteiger partial charge >= 0.3 is 0 Å². The van der Waals surface area contributed by atoms with Gasteiger partial charge in [-0.05, 0) is 43.5 Å². The second kappa shape index (κ2) is 5.85. The van der Waals surface area contributed by atoms with Crippen LogP contribution in [-0.4, -0.2) is 39.7 Å². The van der Waals surface area contributed by atoms with Crippen molar-refractivity contribution < 1.29 is 17.9 Å². The number of sulfone groups is 1. The molecule has 2 atom stereocenters. The standard InChI is InChI=1S/C15H21NO4S/c1-11(16-9-12-4-7-21(17,18)10-12)13-2-3-14-15(8-13)20-6-5-19-14/h2-3,8,11-12,16H,4-7,9-10H2,1H3. The Morgan fingerprint density at radius 3 is 2.76 bits per heavy atom. The van der Waals surface area contributed by atoms with Gasteiger partial charge in [0.25, 0.3) is 0 Å². The van der Waals surface area contributed by atoms with Crippen LogP contribution in [-0.2, 0) is 9.84 Å². The first-order valence-electron chi connectivity index (χ1n) is 7.37. The van der Waals surface area contributed by atoms with Crippen molar-refractivity contribution in [2.75, 3.05) is 31.3 Å². The van der Waals surface area contributed by atoms with Crippen LogP contribution >= 0.6 is 0 Å². The highest BCUT2D eigenvalue weighted by Crippen LogP contribution is 2.32. The van der Waals surface area contributed by atoms with Gasteiger partial charge in [0, 0.05) is 6.04 Å². The molecule has 21 heavy (non-hydrogen) atoms. The predicted octanol–water partition coefficient (Wildman–Crippen LogP) is 1.54. The fraction of sp³-hybridized carbons (Fsp3) is 0.600. The SMILES string of the molecule is CC(NCC1CCS(=O)(=O)C1)c1ccc2c(c1)OCCO2. The van der Waals surface area contributed by atoms with E-state index in [1.165, 1.54) is 0 Å². The van der Waals surface area contributed by atoms with E-state index in [2.05, 4.69) is 12.2 Å². The number of hydrogen-bond acceptors (Lipinski definition) is 5. The van der Waals surface area contributed by atoms with Crippen LogP contribution in [0.5, 0.6) is 11.5 Å². The summed E-state index contributed by atoms with van der Waals surface area (Å²) in [7, 11) is -2.80. The van der Waals surface area contributed by atoms with Gasteiger partial charge in [-0.15, -0.1) is 0 Å². The minimum absolute atomic E-state index is 0.157. The van der Waals surface area contributed by atoms with Crippen molar-refractivity contribution in [3.8, 4) is 11.5 Å². The van der Waals surface area contributed by atoms with Crippen LogP contribution in [0.3, 0.4) is 0 Å². The van der Waals surface area contributed by atoms with Crippen LogP contribution in [0, 0.1) is 5.92 Å². The zero-order valence-corrected chi connectivity index (χ0v) is 13.0. The van der Waals surface area contributed by atoms with E-state index in [9.17, 15) is 8.42 Å². The minimum Gasteiger partial charge on any atom is -0.486 e. The Kier molecular flexibility index (Phi) is 4.08. The van der Waals surface area contributed by atoms with Gasteiger partial charge < -0.3 is 14.8 Å². The van der Waals surface area contributed by atoms with Crippen molar-refractivity contribution in [1.82, 2.24) is 5.32 Å². The molecule has 5 nitrogen and oxygen atoms in total. The summed E-state index contributed by atoms with van der Waals surface area (Å²) in [6.45, 7) is 3.98. The van der Waals surface area contributed by atoms with Gasteiger partial charge in [-0.2, -0.15) is 0 Å². The Labute approximate surface area is 125 Å². The summed E-state index contributed by atoms with van der Waals surface area (Å²) in [5.41, 5.74) is 1.13. The quantitative estimate of drug-likeness (QED) is 0.914. The van der Waals surface area contributed by atoms with Crippen LogP contribution in [0.1, 0.15) is 24.9 Å². The Hall–Kier alpha value is -1.27. The molecule has 1 aromatic rings. The van der Waals surface area contributed by atoms with Crippen molar-refractivity contribution in [3.63, 3.8) is 0 Å². The molecule has 0 aliphatic carbocycles. The molecule has 6 heteroatoms. The average Bonchev–Trinajstić information content (AvgIpc) is 2.83. The summed E-state index contributed by atoms with van der Waals surface area (Å²) in [6, 6.07) is 6.11. The number of hydrogen-bond donors (Lipinski definition) is 1. The molecule has 1 N–H and O–H groups in total. The first-order valence-corrected chi connectivity index (χ1v) is 9.19. The Morgan fingerprint density at radius 2 is 2.05 bits per heavy atom. The fourth-order valence-corrected chi connectivity index (χ4v) is 4.69. The number of nitrogens with one attached hydrogen (secondary N) is 1. The molecule has 0 spiro atoms. The van der Waals surface area contributed by atoms with Crippen molar-refractivity contribution in [1.29, 1.82) is 0 Å². The van der Waals surface area contributed by atoms with Crippen LogP contribution in [0.2, 0.25) is 0 Å². The van der Waals surface area contributed by atoms with Crippen molar-refractivity contribution in [3.05, 3.63) is 23.8 Å². The van der Waals surface area contributed by atoms with E-state index in [1.54, 1.807) is 0 Å². The maximum atomic E-state index is 11.5. The summed E-state index contributed by atoms with van der Waals surface area (Å²) >= 11 is 0. The average molecular weight is 311 g/mol. The zero-order valence-electron chi connectivity index (χ0n) is 12.2. The molecule has 0 radical (unpaired) electrons. The first kappa shape index (κ1) is 14.7. The molecular formula is C15H21NO4S. The smallest absolute Gasteiger partial charge is 0.161 e. The van der Waals surface area contributed by atoms with Crippen LogP contribution in [0.15, 0.2) is 18.2 Å². The largest absolute Gasteiger partial charge is 0.486 e. The summed E-state index contributed by atoms with van der Waals surface area (Å²) < 4.78 is 34.0. The van der Waals surface area contributed by atoms with Gasteiger partial charge in [0.2, 0.25) is 0 Å². The Morgan fingerprint density at radius 1 is 1.29 bits per heavy atom. The molecule has 0 amide bonds. The van der Waals surface area contributed by atoms with Crippen molar-refractivity contribution >= 4 is 9.84 Å². The lowest BCUT2D eigenvalue weighted by molar-refractivity contribution is 0.171. The summed E-state index contributed by atoms with van der Waals surface area (Å²) in [4.78, 5) is 0. The van der Waals surface area contributed by atoms with Crippen LogP contribution in [0.25, 0.3) is 0 Å². The third-order valence-corrected chi connectivity index (χ3v) is 5.94. The topological polar surface area (TPSA) is 64.6 Å². The minimum atomic E-state index is -2.80. The van der Waals surface area contributed by atoms with E-state index in [0.29, 0.717) is 24.7 Å². The molecule has 0 aromatic heterocycles. The molecular weight excluding hydrogens is 290 g/mol. The van der Waals surface area contributed by atoms with Crippen LogP contribution < -0.4 is 14.8 Å². The van der Waals surface area contributed by atoms with Gasteiger partial charge in [0.1, 0.15) is 13.2 Å². The summed E-state index contributed by atoms with van der Waals surface area (Å²) in [6.07, 6.45) is 0.767. The van der Waals surface area contributed by atoms with E-state index in [4.69, 9.17) is 9.47 Å². The van der Waals surface area contributed by atoms with Gasteiger partial charge in [0.05, 0.1) is 11.5 Å². The lowest BCUT2D eigenvalue weighted by Gasteiger charge is -2.21. The maximum Gasteiger partial charge on any atom is 0.161 e. The normalized spacial score (nSPS) is 24.7. The molecule has 2 heterocycles. The molecule has 3 rings (SSSR count). The van der Waals surface area contributed by atoms with Gasteiger partial charge in [0.15, 0.2) is 21.3 Å². The third kappa shape index (κ3) is 3.49. The molecule has 0 saturated carbocycles. The number of benzene rings is 1. The van der Waals surface area contributed by atoms with Crippen molar-refractivity contribution in [2.45, 2.75) is 19.4 Å². The molecule has 2 aliphatic heterocycles. The van der Waals surface area contributed by atoms with Gasteiger partial charge in [-0.1, -0.05) is 6.07 Å². The van der Waals surface area contributed by atoms with E-state index >= 15 is 0 Å². The third-order valence-electron chi connectivity index (χ3n) is 4.11. The van der Waals surface area contributed by atoms with E-state index in [-0.39, 0.29) is 12.0 Å². The second-order valence-corrected chi connectivity index (χ2v) is 8.03. The van der Waals surface area contributed by atoms with Gasteiger partial charge in [-0.3, -0.25) is 0 Å². The zero-order chi connectivity index (χ0) is 14.9. The molecule has 1 aromatic carbocycles. The predicted molar refractivity (Wildman–Crippen MR) is 80.6 cm³/mol. The first-order chi connectivity index (χ1) is 10.0. The van der Waals surface area contributed by atoms with E-state index in [1.807, 2.05) is 18.2 Å². The molecule has 1 fully saturated rings. The summed E-state index contributed by atoms with van der Waals surface area (Å²) in [5.74, 6) is 2.45. The lowest BCUT2D eigenvalue weighted by Crippen LogP contribution is -2.26. The fourth-order valence-electron chi connectivity index (χ4n) is 2.82. The van der Waals surface area contributed by atoms with Crippen molar-refractivity contribution in [2.24, 2.45) is 5.92 Å². The molecule has 2 unspecified atom stereocenters. The highest BCUT2D eigenvalue weighted by atomic mass is 32.2. The highest BCUT2D eigenvalue weighted by molar-refractivity contribution is 7.91. The molecule has 2 aliphatic rings.